The van der Waals surface area contributed by atoms with Gasteiger partial charge in [-0.2, -0.15) is 0 Å². The molecule has 0 saturated heterocycles. The van der Waals surface area contributed by atoms with Gasteiger partial charge in [-0.1, -0.05) is 58.4 Å². The highest BCUT2D eigenvalue weighted by Gasteiger charge is 2.16. The number of hydrogen-bond donors (Lipinski definition) is 2. The standard InChI is InChI=1S/C15H16BrNO/c16-13-8-6-12(7-9-13)15(17)14(18)10-11-4-2-1-3-5-11/h1-9,14-15,18H,10,17H2/t14-,15+/m0/s1. The van der Waals surface area contributed by atoms with E-state index < -0.39 is 6.10 Å². The third kappa shape index (κ3) is 3.42. The summed E-state index contributed by atoms with van der Waals surface area (Å²) in [7, 11) is 0. The fraction of sp³-hybridized carbons (Fsp3) is 0.200. The number of aliphatic hydroxyl groups is 1. The molecule has 0 spiro atoms. The highest BCUT2D eigenvalue weighted by molar-refractivity contribution is 9.10. The predicted octanol–water partition coefficient (Wildman–Crippen LogP) is 3.05. The van der Waals surface area contributed by atoms with Gasteiger partial charge in [0.2, 0.25) is 0 Å². The van der Waals surface area contributed by atoms with Crippen LogP contribution in [0.1, 0.15) is 17.2 Å². The summed E-state index contributed by atoms with van der Waals surface area (Å²) in [6.45, 7) is 0. The van der Waals surface area contributed by atoms with Crippen LogP contribution in [0.3, 0.4) is 0 Å². The molecule has 0 fully saturated rings. The molecule has 0 unspecified atom stereocenters. The molecule has 0 aliphatic rings. The number of nitrogens with two attached hydrogens (primary N) is 1. The van der Waals surface area contributed by atoms with Crippen molar-refractivity contribution in [1.29, 1.82) is 0 Å². The Hall–Kier alpha value is -1.16. The first-order chi connectivity index (χ1) is 8.66. The second-order valence-electron chi connectivity index (χ2n) is 4.33. The van der Waals surface area contributed by atoms with Gasteiger partial charge in [0, 0.05) is 10.9 Å². The Bertz CT molecular complexity index is 484. The van der Waals surface area contributed by atoms with Crippen molar-refractivity contribution in [1.82, 2.24) is 0 Å². The molecule has 0 aliphatic heterocycles. The lowest BCUT2D eigenvalue weighted by molar-refractivity contribution is 0.145. The smallest absolute Gasteiger partial charge is 0.0773 e. The van der Waals surface area contributed by atoms with Crippen LogP contribution in [0.5, 0.6) is 0 Å². The van der Waals surface area contributed by atoms with E-state index in [0.717, 1.165) is 15.6 Å². The number of benzene rings is 2. The minimum absolute atomic E-state index is 0.363. The van der Waals surface area contributed by atoms with Gasteiger partial charge in [-0.05, 0) is 23.3 Å². The van der Waals surface area contributed by atoms with E-state index in [9.17, 15) is 5.11 Å². The highest BCUT2D eigenvalue weighted by Crippen LogP contribution is 2.19. The van der Waals surface area contributed by atoms with E-state index in [0.29, 0.717) is 6.42 Å². The molecule has 0 amide bonds. The summed E-state index contributed by atoms with van der Waals surface area (Å²) in [5, 5.41) is 10.2. The van der Waals surface area contributed by atoms with Crippen LogP contribution in [0.2, 0.25) is 0 Å². The van der Waals surface area contributed by atoms with E-state index in [1.807, 2.05) is 54.6 Å². The molecule has 0 radical (unpaired) electrons. The third-order valence-electron chi connectivity index (χ3n) is 2.96. The van der Waals surface area contributed by atoms with E-state index in [4.69, 9.17) is 5.73 Å². The van der Waals surface area contributed by atoms with Crippen LogP contribution < -0.4 is 5.73 Å². The van der Waals surface area contributed by atoms with Crippen LogP contribution in [0.25, 0.3) is 0 Å². The van der Waals surface area contributed by atoms with Crippen LogP contribution in [0.15, 0.2) is 59.1 Å². The van der Waals surface area contributed by atoms with Gasteiger partial charge in [0.25, 0.3) is 0 Å². The Balaban J connectivity index is 2.05. The molecule has 2 atom stereocenters. The molecule has 18 heavy (non-hydrogen) atoms. The van der Waals surface area contributed by atoms with Gasteiger partial charge in [-0.15, -0.1) is 0 Å². The zero-order valence-electron chi connectivity index (χ0n) is 9.96. The SMILES string of the molecule is N[C@H](c1ccc(Br)cc1)[C@@H](O)Cc1ccccc1. The molecule has 0 aromatic heterocycles. The van der Waals surface area contributed by atoms with Gasteiger partial charge in [-0.3, -0.25) is 0 Å². The summed E-state index contributed by atoms with van der Waals surface area (Å²) in [6.07, 6.45) is -0.00786. The second kappa shape index (κ2) is 6.14. The zero-order chi connectivity index (χ0) is 13.0. The predicted molar refractivity (Wildman–Crippen MR) is 77.2 cm³/mol. The molecule has 2 aromatic rings. The van der Waals surface area contributed by atoms with Crippen LogP contribution in [0.4, 0.5) is 0 Å². The van der Waals surface area contributed by atoms with E-state index in [1.54, 1.807) is 0 Å². The number of hydrogen-bond acceptors (Lipinski definition) is 2. The first-order valence-electron chi connectivity index (χ1n) is 5.90. The highest BCUT2D eigenvalue weighted by atomic mass is 79.9. The van der Waals surface area contributed by atoms with Gasteiger partial charge in [-0.25, -0.2) is 0 Å². The fourth-order valence-corrected chi connectivity index (χ4v) is 2.15. The molecule has 0 heterocycles. The third-order valence-corrected chi connectivity index (χ3v) is 3.49. The Morgan fingerprint density at radius 1 is 1.00 bits per heavy atom. The molecule has 3 heteroatoms. The summed E-state index contributed by atoms with van der Waals surface area (Å²) < 4.78 is 1.01. The van der Waals surface area contributed by atoms with Gasteiger partial charge < -0.3 is 10.8 Å². The number of halogens is 1. The first kappa shape index (κ1) is 13.3. The molecular weight excluding hydrogens is 290 g/mol. The molecule has 2 rings (SSSR count). The maximum absolute atomic E-state index is 10.2. The summed E-state index contributed by atoms with van der Waals surface area (Å²) >= 11 is 3.38. The molecule has 0 bridgehead atoms. The maximum atomic E-state index is 10.2. The average Bonchev–Trinajstić information content (AvgIpc) is 2.40. The molecule has 0 aliphatic carbocycles. The van der Waals surface area contributed by atoms with Gasteiger partial charge >= 0.3 is 0 Å². The molecule has 3 N–H and O–H groups in total. The summed E-state index contributed by atoms with van der Waals surface area (Å²) in [6, 6.07) is 17.3. The van der Waals surface area contributed by atoms with E-state index in [-0.39, 0.29) is 6.04 Å². The van der Waals surface area contributed by atoms with Crippen molar-refractivity contribution in [3.8, 4) is 0 Å². The molecule has 0 saturated carbocycles. The van der Waals surface area contributed by atoms with Crippen LogP contribution in [-0.4, -0.2) is 11.2 Å². The largest absolute Gasteiger partial charge is 0.391 e. The van der Waals surface area contributed by atoms with Crippen molar-refractivity contribution in [2.45, 2.75) is 18.6 Å². The second-order valence-corrected chi connectivity index (χ2v) is 5.25. The normalized spacial score (nSPS) is 14.2. The molecular formula is C15H16BrNO. The van der Waals surface area contributed by atoms with Gasteiger partial charge in [0.1, 0.15) is 0 Å². The number of rotatable bonds is 4. The Kier molecular flexibility index (Phi) is 4.53. The van der Waals surface area contributed by atoms with Gasteiger partial charge in [0.05, 0.1) is 12.1 Å². The van der Waals surface area contributed by atoms with E-state index in [1.165, 1.54) is 0 Å². The van der Waals surface area contributed by atoms with Crippen molar-refractivity contribution in [2.24, 2.45) is 5.73 Å². The monoisotopic (exact) mass is 305 g/mol. The topological polar surface area (TPSA) is 46.2 Å². The quantitative estimate of drug-likeness (QED) is 0.912. The van der Waals surface area contributed by atoms with E-state index in [2.05, 4.69) is 15.9 Å². The lowest BCUT2D eigenvalue weighted by atomic mass is 9.97. The lowest BCUT2D eigenvalue weighted by Gasteiger charge is -2.19. The lowest BCUT2D eigenvalue weighted by Crippen LogP contribution is -2.28. The van der Waals surface area contributed by atoms with Crippen molar-refractivity contribution >= 4 is 15.9 Å². The minimum Gasteiger partial charge on any atom is -0.391 e. The minimum atomic E-state index is -0.575. The summed E-state index contributed by atoms with van der Waals surface area (Å²) in [5.74, 6) is 0. The van der Waals surface area contributed by atoms with Crippen LogP contribution in [-0.2, 0) is 6.42 Å². The molecule has 2 nitrogen and oxygen atoms in total. The Morgan fingerprint density at radius 2 is 1.61 bits per heavy atom. The number of aliphatic hydroxyl groups excluding tert-OH is 1. The van der Waals surface area contributed by atoms with E-state index >= 15 is 0 Å². The zero-order valence-corrected chi connectivity index (χ0v) is 11.5. The van der Waals surface area contributed by atoms with Crippen molar-refractivity contribution < 1.29 is 5.11 Å². The summed E-state index contributed by atoms with van der Waals surface area (Å²) in [5.41, 5.74) is 8.11. The van der Waals surface area contributed by atoms with Crippen molar-refractivity contribution in [3.63, 3.8) is 0 Å². The van der Waals surface area contributed by atoms with Gasteiger partial charge in [0.15, 0.2) is 0 Å². The molecule has 94 valence electrons. The van der Waals surface area contributed by atoms with Crippen LogP contribution >= 0.6 is 15.9 Å². The molecule has 2 aromatic carbocycles. The first-order valence-corrected chi connectivity index (χ1v) is 6.69. The van der Waals surface area contributed by atoms with Crippen molar-refractivity contribution in [3.05, 3.63) is 70.2 Å². The fourth-order valence-electron chi connectivity index (χ4n) is 1.89. The Labute approximate surface area is 116 Å². The van der Waals surface area contributed by atoms with Crippen molar-refractivity contribution in [2.75, 3.05) is 0 Å². The average molecular weight is 306 g/mol. The van der Waals surface area contributed by atoms with Crippen LogP contribution in [0, 0.1) is 0 Å². The summed E-state index contributed by atoms with van der Waals surface area (Å²) in [4.78, 5) is 0. The Morgan fingerprint density at radius 3 is 2.22 bits per heavy atom. The maximum Gasteiger partial charge on any atom is 0.0773 e.